The molecule has 0 atom stereocenters. The first-order chi connectivity index (χ1) is 12.1. The van der Waals surface area contributed by atoms with E-state index in [4.69, 9.17) is 0 Å². The summed E-state index contributed by atoms with van der Waals surface area (Å²) < 4.78 is 0. The molecule has 2 aromatic rings. The van der Waals surface area contributed by atoms with E-state index in [0.29, 0.717) is 11.8 Å². The standard InChI is InChI=1S/C19H25N3OS2/c1-12-6-8-13(9-7-12)22(2)16(23)10-24-18-17-14-4-3-5-15(14)25-19(17)21-11-20-18/h11-13H,3-10H2,1-2H3. The minimum Gasteiger partial charge on any atom is -0.342 e. The molecule has 2 aliphatic rings. The van der Waals surface area contributed by atoms with Crippen molar-refractivity contribution in [3.63, 3.8) is 0 Å². The molecule has 6 heteroatoms. The summed E-state index contributed by atoms with van der Waals surface area (Å²) in [4.78, 5) is 26.2. The van der Waals surface area contributed by atoms with Gasteiger partial charge in [0.15, 0.2) is 0 Å². The third kappa shape index (κ3) is 3.43. The molecule has 2 heterocycles. The Morgan fingerprint density at radius 1 is 1.28 bits per heavy atom. The van der Waals surface area contributed by atoms with Crippen molar-refractivity contribution in [1.82, 2.24) is 14.9 Å². The Hall–Kier alpha value is -1.14. The highest BCUT2D eigenvalue weighted by molar-refractivity contribution is 8.00. The van der Waals surface area contributed by atoms with Crippen LogP contribution in [-0.4, -0.2) is 39.6 Å². The smallest absolute Gasteiger partial charge is 0.232 e. The van der Waals surface area contributed by atoms with Gasteiger partial charge in [0.1, 0.15) is 16.2 Å². The molecule has 1 amide bonds. The zero-order valence-electron chi connectivity index (χ0n) is 15.0. The fourth-order valence-corrected chi connectivity index (χ4v) is 6.32. The number of aryl methyl sites for hydroxylation is 2. The average Bonchev–Trinajstić information content (AvgIpc) is 3.20. The number of rotatable bonds is 4. The van der Waals surface area contributed by atoms with Crippen molar-refractivity contribution in [3.8, 4) is 0 Å². The topological polar surface area (TPSA) is 46.1 Å². The first-order valence-electron chi connectivity index (χ1n) is 9.27. The van der Waals surface area contributed by atoms with Gasteiger partial charge in [0.2, 0.25) is 5.91 Å². The molecule has 1 fully saturated rings. The van der Waals surface area contributed by atoms with Crippen molar-refractivity contribution >= 4 is 39.2 Å². The maximum absolute atomic E-state index is 12.7. The first kappa shape index (κ1) is 17.3. The van der Waals surface area contributed by atoms with E-state index in [1.165, 1.54) is 41.5 Å². The molecule has 0 saturated heterocycles. The van der Waals surface area contributed by atoms with E-state index < -0.39 is 0 Å². The largest absolute Gasteiger partial charge is 0.342 e. The zero-order valence-corrected chi connectivity index (χ0v) is 16.6. The Morgan fingerprint density at radius 2 is 2.08 bits per heavy atom. The predicted molar refractivity (Wildman–Crippen MR) is 104 cm³/mol. The van der Waals surface area contributed by atoms with Crippen LogP contribution < -0.4 is 0 Å². The third-order valence-electron chi connectivity index (χ3n) is 5.73. The van der Waals surface area contributed by atoms with Crippen molar-refractivity contribution in [2.45, 2.75) is 62.9 Å². The second-order valence-electron chi connectivity index (χ2n) is 7.42. The van der Waals surface area contributed by atoms with Gasteiger partial charge >= 0.3 is 0 Å². The quantitative estimate of drug-likeness (QED) is 0.590. The number of aromatic nitrogens is 2. The predicted octanol–water partition coefficient (Wildman–Crippen LogP) is 4.31. The second kappa shape index (κ2) is 7.23. The van der Waals surface area contributed by atoms with Crippen molar-refractivity contribution in [2.75, 3.05) is 12.8 Å². The number of nitrogens with zero attached hydrogens (tertiary/aromatic N) is 3. The Morgan fingerprint density at radius 3 is 2.88 bits per heavy atom. The number of carbonyl (C=O) groups is 1. The summed E-state index contributed by atoms with van der Waals surface area (Å²) in [6.45, 7) is 2.31. The van der Waals surface area contributed by atoms with Crippen LogP contribution in [0.25, 0.3) is 10.2 Å². The van der Waals surface area contributed by atoms with Crippen molar-refractivity contribution in [3.05, 3.63) is 16.8 Å². The van der Waals surface area contributed by atoms with Crippen LogP contribution in [0.15, 0.2) is 11.4 Å². The summed E-state index contributed by atoms with van der Waals surface area (Å²) in [5, 5.41) is 2.20. The van der Waals surface area contributed by atoms with Crippen LogP contribution in [0.3, 0.4) is 0 Å². The molecule has 134 valence electrons. The van der Waals surface area contributed by atoms with Gasteiger partial charge in [-0.1, -0.05) is 18.7 Å². The molecule has 0 bridgehead atoms. The molecule has 0 spiro atoms. The fraction of sp³-hybridized carbons (Fsp3) is 0.632. The van der Waals surface area contributed by atoms with E-state index in [1.807, 2.05) is 11.9 Å². The molecule has 1 saturated carbocycles. The first-order valence-corrected chi connectivity index (χ1v) is 11.1. The number of hydrogen-bond acceptors (Lipinski definition) is 5. The van der Waals surface area contributed by atoms with Gasteiger partial charge in [-0.05, 0) is 56.4 Å². The van der Waals surface area contributed by atoms with Crippen molar-refractivity contribution in [1.29, 1.82) is 0 Å². The second-order valence-corrected chi connectivity index (χ2v) is 9.47. The summed E-state index contributed by atoms with van der Waals surface area (Å²) >= 11 is 3.39. The van der Waals surface area contributed by atoms with E-state index in [0.717, 1.165) is 35.0 Å². The summed E-state index contributed by atoms with van der Waals surface area (Å²) in [5.74, 6) is 1.51. The Balaban J connectivity index is 1.44. The summed E-state index contributed by atoms with van der Waals surface area (Å²) in [7, 11) is 1.97. The van der Waals surface area contributed by atoms with E-state index in [2.05, 4.69) is 16.9 Å². The van der Waals surface area contributed by atoms with E-state index in [1.54, 1.807) is 29.4 Å². The molecule has 2 aromatic heterocycles. The highest BCUT2D eigenvalue weighted by atomic mass is 32.2. The summed E-state index contributed by atoms with van der Waals surface area (Å²) in [5.41, 5.74) is 1.44. The minimum atomic E-state index is 0.225. The monoisotopic (exact) mass is 375 g/mol. The Labute approximate surface area is 157 Å². The molecule has 25 heavy (non-hydrogen) atoms. The lowest BCUT2D eigenvalue weighted by Crippen LogP contribution is -2.40. The number of hydrogen-bond donors (Lipinski definition) is 0. The molecule has 4 nitrogen and oxygen atoms in total. The number of thiophene rings is 1. The average molecular weight is 376 g/mol. The Bertz CT molecular complexity index is 780. The van der Waals surface area contributed by atoms with Gasteiger partial charge in [0.25, 0.3) is 0 Å². The number of carbonyl (C=O) groups excluding carboxylic acids is 1. The number of fused-ring (bicyclic) bond motifs is 3. The Kier molecular flexibility index (Phi) is 5.00. The lowest BCUT2D eigenvalue weighted by Gasteiger charge is -2.33. The SMILES string of the molecule is CC1CCC(N(C)C(=O)CSc2ncnc3sc4c(c23)CCC4)CC1. The summed E-state index contributed by atoms with van der Waals surface area (Å²) in [6, 6.07) is 0.417. The number of thioether (sulfide) groups is 1. The van der Waals surface area contributed by atoms with Gasteiger partial charge in [-0.15, -0.1) is 11.3 Å². The highest BCUT2D eigenvalue weighted by Crippen LogP contribution is 2.40. The normalized spacial score (nSPS) is 23.0. The van der Waals surface area contributed by atoms with Crippen molar-refractivity contribution < 1.29 is 4.79 Å². The third-order valence-corrected chi connectivity index (χ3v) is 7.90. The van der Waals surface area contributed by atoms with Gasteiger partial charge in [0.05, 0.1) is 5.75 Å². The van der Waals surface area contributed by atoms with Gasteiger partial charge in [-0.3, -0.25) is 4.79 Å². The maximum Gasteiger partial charge on any atom is 0.232 e. The van der Waals surface area contributed by atoms with E-state index >= 15 is 0 Å². The molecule has 0 N–H and O–H groups in total. The van der Waals surface area contributed by atoms with Gasteiger partial charge < -0.3 is 4.90 Å². The van der Waals surface area contributed by atoms with Gasteiger partial charge in [0, 0.05) is 23.4 Å². The maximum atomic E-state index is 12.7. The van der Waals surface area contributed by atoms with Crippen LogP contribution in [0.5, 0.6) is 0 Å². The van der Waals surface area contributed by atoms with Crippen LogP contribution in [0, 0.1) is 5.92 Å². The molecule has 2 aliphatic carbocycles. The van der Waals surface area contributed by atoms with E-state index in [9.17, 15) is 4.79 Å². The molecular weight excluding hydrogens is 350 g/mol. The van der Waals surface area contributed by atoms with E-state index in [-0.39, 0.29) is 5.91 Å². The fourth-order valence-electron chi connectivity index (χ4n) is 4.07. The lowest BCUT2D eigenvalue weighted by molar-refractivity contribution is -0.129. The molecule has 0 aliphatic heterocycles. The molecule has 0 aromatic carbocycles. The van der Waals surface area contributed by atoms with Crippen LogP contribution in [0.1, 0.15) is 49.5 Å². The van der Waals surface area contributed by atoms with Crippen molar-refractivity contribution in [2.24, 2.45) is 5.92 Å². The van der Waals surface area contributed by atoms with Crippen LogP contribution >= 0.6 is 23.1 Å². The molecule has 4 rings (SSSR count). The lowest BCUT2D eigenvalue weighted by atomic mass is 9.87. The number of amides is 1. The molecule has 0 unspecified atom stereocenters. The minimum absolute atomic E-state index is 0.225. The van der Waals surface area contributed by atoms with Crippen LogP contribution in [-0.2, 0) is 17.6 Å². The summed E-state index contributed by atoms with van der Waals surface area (Å²) in [6.07, 6.45) is 9.94. The van der Waals surface area contributed by atoms with Gasteiger partial charge in [-0.2, -0.15) is 0 Å². The highest BCUT2D eigenvalue weighted by Gasteiger charge is 2.26. The molecular formula is C19H25N3OS2. The van der Waals surface area contributed by atoms with Gasteiger partial charge in [-0.25, -0.2) is 9.97 Å². The van der Waals surface area contributed by atoms with Crippen LogP contribution in [0.4, 0.5) is 0 Å². The molecule has 0 radical (unpaired) electrons. The zero-order chi connectivity index (χ0) is 17.4. The van der Waals surface area contributed by atoms with Crippen LogP contribution in [0.2, 0.25) is 0 Å².